The Labute approximate surface area is 161 Å². The molecule has 2 heterocycles. The van der Waals surface area contributed by atoms with Gasteiger partial charge in [0.15, 0.2) is 4.34 Å². The van der Waals surface area contributed by atoms with Gasteiger partial charge in [0.2, 0.25) is 16.9 Å². The van der Waals surface area contributed by atoms with Crippen molar-refractivity contribution in [3.8, 4) is 0 Å². The van der Waals surface area contributed by atoms with Crippen LogP contribution in [0.3, 0.4) is 0 Å². The highest BCUT2D eigenvalue weighted by Gasteiger charge is 2.35. The Morgan fingerprint density at radius 2 is 2.27 bits per heavy atom. The third-order valence-electron chi connectivity index (χ3n) is 4.17. The Balaban J connectivity index is 1.58. The molecule has 0 spiro atoms. The molecule has 8 heteroatoms. The van der Waals surface area contributed by atoms with Crippen LogP contribution in [-0.4, -0.2) is 34.3 Å². The number of anilines is 2. The third-order valence-corrected chi connectivity index (χ3v) is 6.23. The van der Waals surface area contributed by atoms with Crippen LogP contribution in [0.2, 0.25) is 0 Å². The summed E-state index contributed by atoms with van der Waals surface area (Å²) in [6, 6.07) is 7.77. The lowest BCUT2D eigenvalue weighted by Crippen LogP contribution is -2.28. The number of benzene rings is 1. The smallest absolute Gasteiger partial charge is 0.231 e. The molecule has 1 aliphatic rings. The maximum absolute atomic E-state index is 12.5. The molecule has 2 aromatic rings. The first-order chi connectivity index (χ1) is 12.6. The molecule has 3 rings (SSSR count). The van der Waals surface area contributed by atoms with Crippen LogP contribution in [0.5, 0.6) is 0 Å². The van der Waals surface area contributed by atoms with Crippen molar-refractivity contribution in [2.45, 2.75) is 37.4 Å². The van der Waals surface area contributed by atoms with Crippen LogP contribution in [0.15, 0.2) is 28.6 Å². The van der Waals surface area contributed by atoms with Crippen LogP contribution in [0, 0.1) is 12.8 Å². The lowest BCUT2D eigenvalue weighted by atomic mass is 10.1. The fourth-order valence-corrected chi connectivity index (χ4v) is 4.67. The molecule has 1 aliphatic heterocycles. The zero-order valence-corrected chi connectivity index (χ0v) is 16.5. The lowest BCUT2D eigenvalue weighted by molar-refractivity contribution is -0.122. The number of amides is 2. The zero-order chi connectivity index (χ0) is 18.5. The number of hydrogen-bond acceptors (Lipinski definition) is 6. The SMILES string of the molecule is CCCCSc1nnc(NC(=O)[C@H]2CC(=O)N(c3cccc(C)c3)C2)s1. The van der Waals surface area contributed by atoms with E-state index in [1.807, 2.05) is 31.2 Å². The molecule has 1 aromatic heterocycles. The van der Waals surface area contributed by atoms with Gasteiger partial charge in [0.1, 0.15) is 0 Å². The monoisotopic (exact) mass is 390 g/mol. The standard InChI is InChI=1S/C18H22N4O2S2/c1-3-4-8-25-18-21-20-17(26-18)19-16(24)13-10-15(23)22(11-13)14-7-5-6-12(2)9-14/h5-7,9,13H,3-4,8,10-11H2,1-2H3,(H,19,20,24)/t13-/m0/s1. The Morgan fingerprint density at radius 3 is 3.04 bits per heavy atom. The van der Waals surface area contributed by atoms with Gasteiger partial charge in [-0.25, -0.2) is 0 Å². The summed E-state index contributed by atoms with van der Waals surface area (Å²) >= 11 is 3.04. The van der Waals surface area contributed by atoms with Crippen LogP contribution in [0.25, 0.3) is 0 Å². The molecular formula is C18H22N4O2S2. The van der Waals surface area contributed by atoms with Crippen molar-refractivity contribution in [3.63, 3.8) is 0 Å². The van der Waals surface area contributed by atoms with Gasteiger partial charge in [0, 0.05) is 24.4 Å². The van der Waals surface area contributed by atoms with E-state index in [-0.39, 0.29) is 24.2 Å². The second-order valence-corrected chi connectivity index (χ2v) is 8.63. The number of nitrogens with one attached hydrogen (secondary N) is 1. The Bertz CT molecular complexity index is 793. The van der Waals surface area contributed by atoms with E-state index in [0.29, 0.717) is 11.7 Å². The molecule has 1 saturated heterocycles. The van der Waals surface area contributed by atoms with Crippen LogP contribution < -0.4 is 10.2 Å². The van der Waals surface area contributed by atoms with E-state index in [0.717, 1.165) is 34.2 Å². The van der Waals surface area contributed by atoms with Gasteiger partial charge in [-0.15, -0.1) is 10.2 Å². The maximum Gasteiger partial charge on any atom is 0.231 e. The first-order valence-electron chi connectivity index (χ1n) is 8.71. The molecule has 1 atom stereocenters. The fraction of sp³-hybridized carbons (Fsp3) is 0.444. The lowest BCUT2D eigenvalue weighted by Gasteiger charge is -2.17. The molecule has 0 bridgehead atoms. The highest BCUT2D eigenvalue weighted by molar-refractivity contribution is 8.01. The van der Waals surface area contributed by atoms with Gasteiger partial charge in [-0.3, -0.25) is 9.59 Å². The maximum atomic E-state index is 12.5. The largest absolute Gasteiger partial charge is 0.312 e. The Kier molecular flexibility index (Phi) is 6.26. The normalized spacial score (nSPS) is 16.9. The number of unbranched alkanes of at least 4 members (excludes halogenated alkanes) is 1. The molecule has 2 amide bonds. The van der Waals surface area contributed by atoms with E-state index in [1.54, 1.807) is 16.7 Å². The molecule has 26 heavy (non-hydrogen) atoms. The van der Waals surface area contributed by atoms with Crippen molar-refractivity contribution in [1.82, 2.24) is 10.2 Å². The number of hydrogen-bond donors (Lipinski definition) is 1. The van der Waals surface area contributed by atoms with Gasteiger partial charge >= 0.3 is 0 Å². The molecule has 0 saturated carbocycles. The second-order valence-electron chi connectivity index (χ2n) is 6.31. The van der Waals surface area contributed by atoms with E-state index in [9.17, 15) is 9.59 Å². The summed E-state index contributed by atoms with van der Waals surface area (Å²) in [6.07, 6.45) is 2.49. The molecular weight excluding hydrogens is 368 g/mol. The number of carbonyl (C=O) groups excluding carboxylic acids is 2. The minimum atomic E-state index is -0.372. The van der Waals surface area contributed by atoms with Crippen molar-refractivity contribution in [2.75, 3.05) is 22.5 Å². The zero-order valence-electron chi connectivity index (χ0n) is 14.9. The third kappa shape index (κ3) is 4.62. The summed E-state index contributed by atoms with van der Waals surface area (Å²) in [4.78, 5) is 26.5. The summed E-state index contributed by atoms with van der Waals surface area (Å²) in [5.74, 6) is 0.434. The Hall–Kier alpha value is -1.93. The summed E-state index contributed by atoms with van der Waals surface area (Å²) < 4.78 is 0.859. The quantitative estimate of drug-likeness (QED) is 0.443. The van der Waals surface area contributed by atoms with E-state index in [2.05, 4.69) is 22.4 Å². The average Bonchev–Trinajstić information content (AvgIpc) is 3.22. The minimum Gasteiger partial charge on any atom is -0.312 e. The van der Waals surface area contributed by atoms with E-state index in [1.165, 1.54) is 11.3 Å². The van der Waals surface area contributed by atoms with Gasteiger partial charge < -0.3 is 10.2 Å². The molecule has 0 unspecified atom stereocenters. The number of nitrogens with zero attached hydrogens (tertiary/aromatic N) is 3. The Morgan fingerprint density at radius 1 is 1.42 bits per heavy atom. The highest BCUT2D eigenvalue weighted by atomic mass is 32.2. The van der Waals surface area contributed by atoms with Gasteiger partial charge in [0.05, 0.1) is 5.92 Å². The summed E-state index contributed by atoms with van der Waals surface area (Å²) in [5.41, 5.74) is 1.93. The number of carbonyl (C=O) groups is 2. The van der Waals surface area contributed by atoms with Crippen molar-refractivity contribution >= 4 is 45.7 Å². The first kappa shape index (κ1) is 18.8. The number of aryl methyl sites for hydroxylation is 1. The summed E-state index contributed by atoms with van der Waals surface area (Å²) in [7, 11) is 0. The molecule has 6 nitrogen and oxygen atoms in total. The molecule has 0 radical (unpaired) electrons. The first-order valence-corrected chi connectivity index (χ1v) is 10.5. The predicted molar refractivity (Wildman–Crippen MR) is 106 cm³/mol. The number of rotatable bonds is 7. The van der Waals surface area contributed by atoms with E-state index in [4.69, 9.17) is 0 Å². The summed E-state index contributed by atoms with van der Waals surface area (Å²) in [5, 5.41) is 11.4. The van der Waals surface area contributed by atoms with Gasteiger partial charge in [0.25, 0.3) is 0 Å². The minimum absolute atomic E-state index is 0.0242. The van der Waals surface area contributed by atoms with Crippen LogP contribution in [-0.2, 0) is 9.59 Å². The topological polar surface area (TPSA) is 75.2 Å². The molecule has 1 N–H and O–H groups in total. The van der Waals surface area contributed by atoms with Gasteiger partial charge in [-0.05, 0) is 31.0 Å². The van der Waals surface area contributed by atoms with Crippen molar-refractivity contribution < 1.29 is 9.59 Å². The molecule has 0 aliphatic carbocycles. The van der Waals surface area contributed by atoms with Crippen LogP contribution in [0.4, 0.5) is 10.8 Å². The van der Waals surface area contributed by atoms with Gasteiger partial charge in [-0.1, -0.05) is 48.6 Å². The molecule has 1 fully saturated rings. The van der Waals surface area contributed by atoms with Crippen molar-refractivity contribution in [2.24, 2.45) is 5.92 Å². The highest BCUT2D eigenvalue weighted by Crippen LogP contribution is 2.29. The van der Waals surface area contributed by atoms with E-state index < -0.39 is 0 Å². The van der Waals surface area contributed by atoms with Crippen LogP contribution >= 0.6 is 23.1 Å². The van der Waals surface area contributed by atoms with Crippen molar-refractivity contribution in [3.05, 3.63) is 29.8 Å². The van der Waals surface area contributed by atoms with Crippen molar-refractivity contribution in [1.29, 1.82) is 0 Å². The average molecular weight is 391 g/mol. The van der Waals surface area contributed by atoms with E-state index >= 15 is 0 Å². The summed E-state index contributed by atoms with van der Waals surface area (Å²) in [6.45, 7) is 4.53. The van der Waals surface area contributed by atoms with Gasteiger partial charge in [-0.2, -0.15) is 0 Å². The van der Waals surface area contributed by atoms with Crippen LogP contribution in [0.1, 0.15) is 31.7 Å². The number of aromatic nitrogens is 2. The molecule has 1 aromatic carbocycles. The molecule has 138 valence electrons. The number of thioether (sulfide) groups is 1. The second kappa shape index (κ2) is 8.64. The fourth-order valence-electron chi connectivity index (χ4n) is 2.76. The predicted octanol–water partition coefficient (Wildman–Crippen LogP) is 3.73.